The van der Waals surface area contributed by atoms with Crippen LogP contribution in [0.1, 0.15) is 22.2 Å². The van der Waals surface area contributed by atoms with Crippen LogP contribution in [0.4, 0.5) is 18.3 Å². The molecule has 1 aromatic carbocycles. The number of ketones is 1. The van der Waals surface area contributed by atoms with Crippen LogP contribution in [0.25, 0.3) is 10.2 Å². The minimum Gasteiger partial charge on any atom is -0.497 e. The molecule has 0 aliphatic heterocycles. The van der Waals surface area contributed by atoms with Gasteiger partial charge in [-0.05, 0) is 42.1 Å². The van der Waals surface area contributed by atoms with Gasteiger partial charge in [-0.2, -0.15) is 13.2 Å². The first-order valence-electron chi connectivity index (χ1n) is 7.67. The highest BCUT2D eigenvalue weighted by molar-refractivity contribution is 7.22. The van der Waals surface area contributed by atoms with Crippen molar-refractivity contribution in [1.82, 2.24) is 4.98 Å². The number of hydrogen-bond donors (Lipinski definition) is 2. The number of rotatable bonds is 5. The Morgan fingerprint density at radius 3 is 2.50 bits per heavy atom. The summed E-state index contributed by atoms with van der Waals surface area (Å²) in [6.07, 6.45) is -5.08. The third-order valence-corrected chi connectivity index (χ3v) is 5.34. The fourth-order valence-electron chi connectivity index (χ4n) is 1.94. The molecule has 11 heteroatoms. The quantitative estimate of drug-likeness (QED) is 0.563. The lowest BCUT2D eigenvalue weighted by molar-refractivity contribution is -0.192. The average molecular weight is 432 g/mol. The van der Waals surface area contributed by atoms with Gasteiger partial charge in [0.05, 0.1) is 22.2 Å². The van der Waals surface area contributed by atoms with Gasteiger partial charge < -0.3 is 15.2 Å². The summed E-state index contributed by atoms with van der Waals surface area (Å²) in [4.78, 5) is 25.5. The molecule has 3 aromatic rings. The van der Waals surface area contributed by atoms with Gasteiger partial charge in [-0.25, -0.2) is 9.78 Å². The second-order valence-electron chi connectivity index (χ2n) is 5.38. The molecule has 0 radical (unpaired) electrons. The maximum atomic E-state index is 11.3. The van der Waals surface area contributed by atoms with Gasteiger partial charge in [-0.1, -0.05) is 11.3 Å². The lowest BCUT2D eigenvalue weighted by atomic mass is 10.3. The fourth-order valence-corrected chi connectivity index (χ4v) is 3.64. The molecule has 0 aliphatic rings. The molecule has 2 N–H and O–H groups in total. The van der Waals surface area contributed by atoms with Gasteiger partial charge in [0.2, 0.25) is 0 Å². The monoisotopic (exact) mass is 432 g/mol. The van der Waals surface area contributed by atoms with Crippen molar-refractivity contribution in [1.29, 1.82) is 0 Å². The Kier molecular flexibility index (Phi) is 6.97. The van der Waals surface area contributed by atoms with Crippen molar-refractivity contribution in [2.75, 3.05) is 12.4 Å². The summed E-state index contributed by atoms with van der Waals surface area (Å²) in [6, 6.07) is 7.77. The van der Waals surface area contributed by atoms with E-state index in [9.17, 15) is 18.0 Å². The number of thiophene rings is 1. The third-order valence-electron chi connectivity index (χ3n) is 3.28. The number of ether oxygens (including phenoxy) is 1. The van der Waals surface area contributed by atoms with Crippen molar-refractivity contribution >= 4 is 49.8 Å². The first-order chi connectivity index (χ1) is 13.1. The Labute approximate surface area is 165 Å². The number of alkyl halides is 3. The van der Waals surface area contributed by atoms with Gasteiger partial charge in [-0.3, -0.25) is 4.79 Å². The van der Waals surface area contributed by atoms with Gasteiger partial charge in [0.1, 0.15) is 5.75 Å². The molecule has 0 spiro atoms. The second-order valence-corrected chi connectivity index (χ2v) is 7.33. The normalized spacial score (nSPS) is 10.9. The summed E-state index contributed by atoms with van der Waals surface area (Å²) in [5, 5.41) is 13.3. The number of nitrogens with zero attached hydrogens (tertiary/aromatic N) is 1. The van der Waals surface area contributed by atoms with Crippen molar-refractivity contribution < 1.29 is 32.6 Å². The predicted octanol–water partition coefficient (Wildman–Crippen LogP) is 4.81. The van der Waals surface area contributed by atoms with Crippen LogP contribution in [-0.4, -0.2) is 35.1 Å². The van der Waals surface area contributed by atoms with E-state index < -0.39 is 12.1 Å². The Bertz CT molecular complexity index is 982. The Balaban J connectivity index is 0.000000345. The average Bonchev–Trinajstić information content (AvgIpc) is 3.25. The second kappa shape index (κ2) is 9.02. The van der Waals surface area contributed by atoms with Crippen LogP contribution in [0.15, 0.2) is 29.6 Å². The molecule has 2 aromatic heterocycles. The Morgan fingerprint density at radius 1 is 1.29 bits per heavy atom. The van der Waals surface area contributed by atoms with E-state index in [-0.39, 0.29) is 5.78 Å². The van der Waals surface area contributed by atoms with Crippen LogP contribution in [0.3, 0.4) is 0 Å². The minimum atomic E-state index is -5.08. The highest BCUT2D eigenvalue weighted by Gasteiger charge is 2.38. The van der Waals surface area contributed by atoms with Gasteiger partial charge in [0.25, 0.3) is 0 Å². The summed E-state index contributed by atoms with van der Waals surface area (Å²) in [5.74, 6) is -1.81. The number of carboxylic acid groups (broad SMARTS) is 1. The lowest BCUT2D eigenvalue weighted by Crippen LogP contribution is -2.21. The van der Waals surface area contributed by atoms with Gasteiger partial charge in [-0.15, -0.1) is 11.3 Å². The number of aliphatic carboxylic acids is 1. The van der Waals surface area contributed by atoms with E-state index >= 15 is 0 Å². The standard InChI is InChI=1S/C15H14N2O2S2.C2HF3O2/c1-9(18)13-5-10(8-20-13)7-16-15-17-12-4-3-11(19-2)6-14(12)21-15;3-2(4,5)1(6)7/h3-6,8H,7H2,1-2H3,(H,16,17);(H,6,7). The molecule has 2 heterocycles. The maximum Gasteiger partial charge on any atom is 0.490 e. The van der Waals surface area contributed by atoms with E-state index in [0.717, 1.165) is 31.5 Å². The molecule has 3 rings (SSSR count). The van der Waals surface area contributed by atoms with E-state index in [1.807, 2.05) is 29.6 Å². The van der Waals surface area contributed by atoms with Crippen molar-refractivity contribution in [3.8, 4) is 5.75 Å². The first kappa shape index (κ1) is 21.6. The number of carbonyl (C=O) groups is 2. The van der Waals surface area contributed by atoms with Gasteiger partial charge in [0, 0.05) is 6.54 Å². The van der Waals surface area contributed by atoms with Gasteiger partial charge >= 0.3 is 12.1 Å². The van der Waals surface area contributed by atoms with Crippen molar-refractivity contribution in [2.24, 2.45) is 0 Å². The summed E-state index contributed by atoms with van der Waals surface area (Å²) >= 11 is 3.07. The topological polar surface area (TPSA) is 88.5 Å². The molecule has 0 atom stereocenters. The number of methoxy groups -OCH3 is 1. The number of aromatic nitrogens is 1. The number of halogens is 3. The van der Waals surface area contributed by atoms with Crippen LogP contribution in [0, 0.1) is 0 Å². The van der Waals surface area contributed by atoms with Crippen LogP contribution in [0.5, 0.6) is 5.75 Å². The molecule has 0 bridgehead atoms. The fraction of sp³-hybridized carbons (Fsp3) is 0.235. The van der Waals surface area contributed by atoms with Crippen LogP contribution in [-0.2, 0) is 11.3 Å². The lowest BCUT2D eigenvalue weighted by Gasteiger charge is -1.98. The summed E-state index contributed by atoms with van der Waals surface area (Å²) < 4.78 is 38.0. The molecular formula is C17H15F3N2O4S2. The highest BCUT2D eigenvalue weighted by atomic mass is 32.1. The number of fused-ring (bicyclic) bond motifs is 1. The molecule has 0 saturated carbocycles. The number of hydrogen-bond acceptors (Lipinski definition) is 7. The largest absolute Gasteiger partial charge is 0.497 e. The zero-order chi connectivity index (χ0) is 20.9. The van der Waals surface area contributed by atoms with Gasteiger partial charge in [0.15, 0.2) is 10.9 Å². The maximum absolute atomic E-state index is 11.3. The molecule has 0 fully saturated rings. The summed E-state index contributed by atoms with van der Waals surface area (Å²) in [7, 11) is 1.66. The van der Waals surface area contributed by atoms with Crippen LogP contribution < -0.4 is 10.1 Å². The molecule has 0 unspecified atom stereocenters. The third kappa shape index (κ3) is 5.92. The van der Waals surface area contributed by atoms with Crippen molar-refractivity contribution in [2.45, 2.75) is 19.6 Å². The molecule has 150 valence electrons. The van der Waals surface area contributed by atoms with Crippen molar-refractivity contribution in [3.05, 3.63) is 40.1 Å². The zero-order valence-electron chi connectivity index (χ0n) is 14.7. The molecule has 0 amide bonds. The smallest absolute Gasteiger partial charge is 0.490 e. The SMILES string of the molecule is COc1ccc2nc(NCc3csc(C(C)=O)c3)sc2c1.O=C(O)C(F)(F)F. The number of carbonyl (C=O) groups excluding carboxylic acids is 1. The van der Waals surface area contributed by atoms with Crippen LogP contribution >= 0.6 is 22.7 Å². The zero-order valence-corrected chi connectivity index (χ0v) is 16.3. The first-order valence-corrected chi connectivity index (χ1v) is 9.36. The predicted molar refractivity (Wildman–Crippen MR) is 102 cm³/mol. The number of Topliss-reactive ketones (excluding diaryl/α,β-unsaturated/α-hetero) is 1. The molecular weight excluding hydrogens is 417 g/mol. The van der Waals surface area contributed by atoms with E-state index in [0.29, 0.717) is 6.54 Å². The molecule has 0 saturated heterocycles. The van der Waals surface area contributed by atoms with E-state index in [4.69, 9.17) is 14.6 Å². The number of benzene rings is 1. The van der Waals surface area contributed by atoms with Crippen molar-refractivity contribution in [3.63, 3.8) is 0 Å². The minimum absolute atomic E-state index is 0.110. The Morgan fingerprint density at radius 2 is 1.96 bits per heavy atom. The number of thiazole rings is 1. The summed E-state index contributed by atoms with van der Waals surface area (Å²) in [5.41, 5.74) is 2.06. The highest BCUT2D eigenvalue weighted by Crippen LogP contribution is 2.29. The number of anilines is 1. The molecule has 28 heavy (non-hydrogen) atoms. The molecule has 6 nitrogen and oxygen atoms in total. The van der Waals surface area contributed by atoms with E-state index in [1.54, 1.807) is 25.4 Å². The van der Waals surface area contributed by atoms with E-state index in [2.05, 4.69) is 10.3 Å². The number of carboxylic acids is 1. The Hall–Kier alpha value is -2.66. The van der Waals surface area contributed by atoms with Crippen LogP contribution in [0.2, 0.25) is 0 Å². The summed E-state index contributed by atoms with van der Waals surface area (Å²) in [6.45, 7) is 2.25. The molecule has 0 aliphatic carbocycles. The van der Waals surface area contributed by atoms with E-state index in [1.165, 1.54) is 11.3 Å². The number of nitrogens with one attached hydrogen (secondary N) is 1.